The summed E-state index contributed by atoms with van der Waals surface area (Å²) in [6.45, 7) is 0. The Labute approximate surface area is 149 Å². The van der Waals surface area contributed by atoms with Crippen molar-refractivity contribution in [3.63, 3.8) is 0 Å². The highest BCUT2D eigenvalue weighted by atomic mass is 16.5. The van der Waals surface area contributed by atoms with Crippen LogP contribution in [0.15, 0.2) is 66.4 Å². The minimum Gasteiger partial charge on any atom is -0.375 e. The molecule has 2 saturated heterocycles. The molecule has 2 amide bonds. The first-order valence-corrected chi connectivity index (χ1v) is 8.52. The largest absolute Gasteiger partial charge is 0.375 e. The summed E-state index contributed by atoms with van der Waals surface area (Å²) in [5.41, 5.74) is 0.134. The standard InChI is InChI=1S/C20H16N2O4/c23-18-15-13-10-12(17(26-13)16(15)19(24)22-18)20(25,11-6-2-1-3-7-11)14-8-4-5-9-21-14/h1-10,13,15-17,25H,(H,22,23,24). The van der Waals surface area contributed by atoms with E-state index in [1.54, 1.807) is 30.5 Å². The molecule has 6 heteroatoms. The van der Waals surface area contributed by atoms with Crippen molar-refractivity contribution in [1.82, 2.24) is 10.3 Å². The van der Waals surface area contributed by atoms with Crippen molar-refractivity contribution in [1.29, 1.82) is 0 Å². The number of carbonyl (C=O) groups is 2. The summed E-state index contributed by atoms with van der Waals surface area (Å²) in [7, 11) is 0. The maximum absolute atomic E-state index is 12.3. The van der Waals surface area contributed by atoms with Crippen molar-refractivity contribution in [2.45, 2.75) is 17.8 Å². The fraction of sp³-hybridized carbons (Fsp3) is 0.250. The van der Waals surface area contributed by atoms with Gasteiger partial charge in [-0.3, -0.25) is 19.9 Å². The number of hydrogen-bond donors (Lipinski definition) is 2. The van der Waals surface area contributed by atoms with Crippen LogP contribution in [0.25, 0.3) is 0 Å². The monoisotopic (exact) mass is 348 g/mol. The van der Waals surface area contributed by atoms with Crippen LogP contribution in [0.5, 0.6) is 0 Å². The summed E-state index contributed by atoms with van der Waals surface area (Å²) in [6, 6.07) is 14.5. The smallest absolute Gasteiger partial charge is 0.233 e. The SMILES string of the molecule is O=C1NC(=O)C2C3OC(C=C3C(O)(c3ccccc3)c3ccccn3)C12. The molecule has 0 radical (unpaired) electrons. The zero-order chi connectivity index (χ0) is 17.9. The molecule has 130 valence electrons. The average Bonchev–Trinajstić information content (AvgIpc) is 3.35. The van der Waals surface area contributed by atoms with Gasteiger partial charge in [0, 0.05) is 6.20 Å². The van der Waals surface area contributed by atoms with Crippen LogP contribution in [0.3, 0.4) is 0 Å². The van der Waals surface area contributed by atoms with Crippen LogP contribution in [0, 0.1) is 11.8 Å². The van der Waals surface area contributed by atoms with Crippen LogP contribution in [-0.4, -0.2) is 34.1 Å². The predicted octanol–water partition coefficient (Wildman–Crippen LogP) is 0.914. The van der Waals surface area contributed by atoms with Crippen LogP contribution in [0.4, 0.5) is 0 Å². The molecule has 1 aromatic carbocycles. The molecule has 4 heterocycles. The minimum absolute atomic E-state index is 0.302. The van der Waals surface area contributed by atoms with Crippen molar-refractivity contribution < 1.29 is 19.4 Å². The Hall–Kier alpha value is -2.83. The Bertz CT molecular complexity index is 886. The third-order valence-electron chi connectivity index (χ3n) is 5.52. The van der Waals surface area contributed by atoms with E-state index in [2.05, 4.69) is 10.3 Å². The Morgan fingerprint density at radius 1 is 1.00 bits per heavy atom. The number of fused-ring (bicyclic) bond motifs is 5. The lowest BCUT2D eigenvalue weighted by molar-refractivity contribution is -0.128. The number of amides is 2. The average molecular weight is 348 g/mol. The van der Waals surface area contributed by atoms with Crippen molar-refractivity contribution >= 4 is 11.8 Å². The third kappa shape index (κ3) is 1.91. The number of hydrogen-bond acceptors (Lipinski definition) is 5. The summed E-state index contributed by atoms with van der Waals surface area (Å²) < 4.78 is 5.92. The van der Waals surface area contributed by atoms with E-state index < -0.39 is 29.6 Å². The van der Waals surface area contributed by atoms with E-state index in [4.69, 9.17) is 4.74 Å². The molecule has 2 aromatic rings. The maximum atomic E-state index is 12.3. The zero-order valence-corrected chi connectivity index (χ0v) is 13.7. The number of benzene rings is 1. The summed E-state index contributed by atoms with van der Waals surface area (Å²) >= 11 is 0. The van der Waals surface area contributed by atoms with Gasteiger partial charge in [0.1, 0.15) is 0 Å². The highest BCUT2D eigenvalue weighted by molar-refractivity contribution is 6.06. The molecular formula is C20H16N2O4. The van der Waals surface area contributed by atoms with Crippen LogP contribution in [0.1, 0.15) is 11.3 Å². The first-order valence-electron chi connectivity index (χ1n) is 8.52. The second-order valence-corrected chi connectivity index (χ2v) is 6.84. The lowest BCUT2D eigenvalue weighted by Gasteiger charge is -2.34. The molecule has 0 saturated carbocycles. The van der Waals surface area contributed by atoms with E-state index in [9.17, 15) is 14.7 Å². The summed E-state index contributed by atoms with van der Waals surface area (Å²) in [5.74, 6) is -1.76. The Morgan fingerprint density at radius 2 is 1.73 bits per heavy atom. The van der Waals surface area contributed by atoms with E-state index >= 15 is 0 Å². The van der Waals surface area contributed by atoms with E-state index in [0.717, 1.165) is 0 Å². The second-order valence-electron chi connectivity index (χ2n) is 6.84. The fourth-order valence-electron chi connectivity index (χ4n) is 4.36. The lowest BCUT2D eigenvalue weighted by atomic mass is 9.72. The number of carbonyl (C=O) groups excluding carboxylic acids is 2. The maximum Gasteiger partial charge on any atom is 0.233 e. The topological polar surface area (TPSA) is 88.5 Å². The normalized spacial score (nSPS) is 31.3. The molecule has 2 fully saturated rings. The molecule has 3 aliphatic rings. The zero-order valence-electron chi connectivity index (χ0n) is 13.7. The Kier molecular flexibility index (Phi) is 3.16. The number of ether oxygens (including phenoxy) is 1. The molecule has 2 N–H and O–H groups in total. The van der Waals surface area contributed by atoms with Crippen LogP contribution < -0.4 is 5.32 Å². The van der Waals surface area contributed by atoms with Crippen LogP contribution in [0.2, 0.25) is 0 Å². The number of rotatable bonds is 3. The molecule has 2 bridgehead atoms. The first kappa shape index (κ1) is 15.4. The fourth-order valence-corrected chi connectivity index (χ4v) is 4.36. The van der Waals surface area contributed by atoms with Gasteiger partial charge in [0.25, 0.3) is 0 Å². The molecule has 1 aromatic heterocycles. The van der Waals surface area contributed by atoms with E-state index in [1.165, 1.54) is 0 Å². The van der Waals surface area contributed by atoms with Crippen molar-refractivity contribution in [3.8, 4) is 0 Å². The van der Waals surface area contributed by atoms with E-state index in [0.29, 0.717) is 16.8 Å². The summed E-state index contributed by atoms with van der Waals surface area (Å²) in [5, 5.41) is 14.2. The number of aromatic nitrogens is 1. The molecule has 3 aliphatic heterocycles. The number of imide groups is 1. The number of pyridine rings is 1. The van der Waals surface area contributed by atoms with Gasteiger partial charge in [-0.05, 0) is 29.3 Å². The minimum atomic E-state index is -1.53. The van der Waals surface area contributed by atoms with Crippen molar-refractivity contribution in [3.05, 3.63) is 77.6 Å². The van der Waals surface area contributed by atoms with Gasteiger partial charge in [-0.15, -0.1) is 0 Å². The highest BCUT2D eigenvalue weighted by Gasteiger charge is 2.63. The second kappa shape index (κ2) is 5.33. The van der Waals surface area contributed by atoms with Gasteiger partial charge in [-0.25, -0.2) is 0 Å². The van der Waals surface area contributed by atoms with Gasteiger partial charge in [0.15, 0.2) is 5.60 Å². The van der Waals surface area contributed by atoms with Gasteiger partial charge >= 0.3 is 0 Å². The van der Waals surface area contributed by atoms with Crippen LogP contribution in [-0.2, 0) is 19.9 Å². The summed E-state index contributed by atoms with van der Waals surface area (Å²) in [6.07, 6.45) is 2.24. The van der Waals surface area contributed by atoms with Crippen LogP contribution >= 0.6 is 0 Å². The van der Waals surface area contributed by atoms with Gasteiger partial charge < -0.3 is 9.84 Å². The number of nitrogens with zero attached hydrogens (tertiary/aromatic N) is 1. The molecule has 26 heavy (non-hydrogen) atoms. The van der Waals surface area contributed by atoms with Crippen molar-refractivity contribution in [2.24, 2.45) is 11.8 Å². The molecule has 0 spiro atoms. The number of aliphatic hydroxyl groups is 1. The summed E-state index contributed by atoms with van der Waals surface area (Å²) in [4.78, 5) is 28.7. The Morgan fingerprint density at radius 3 is 2.46 bits per heavy atom. The number of nitrogens with one attached hydrogen (secondary N) is 1. The molecule has 5 unspecified atom stereocenters. The van der Waals surface area contributed by atoms with E-state index in [-0.39, 0.29) is 11.8 Å². The van der Waals surface area contributed by atoms with Gasteiger partial charge in [0.2, 0.25) is 11.8 Å². The molecule has 5 atom stereocenters. The quantitative estimate of drug-likeness (QED) is 0.636. The Balaban J connectivity index is 1.67. The third-order valence-corrected chi connectivity index (χ3v) is 5.52. The van der Waals surface area contributed by atoms with Gasteiger partial charge in [0.05, 0.1) is 29.7 Å². The van der Waals surface area contributed by atoms with Crippen molar-refractivity contribution in [2.75, 3.05) is 0 Å². The lowest BCUT2D eigenvalue weighted by Crippen LogP contribution is -2.40. The molecule has 6 nitrogen and oxygen atoms in total. The van der Waals surface area contributed by atoms with Gasteiger partial charge in [-0.1, -0.05) is 36.4 Å². The first-order chi connectivity index (χ1) is 12.6. The molecular weight excluding hydrogens is 332 g/mol. The molecule has 0 aliphatic carbocycles. The predicted molar refractivity (Wildman–Crippen MR) is 90.6 cm³/mol. The molecule has 5 rings (SSSR count). The highest BCUT2D eigenvalue weighted by Crippen LogP contribution is 2.52. The van der Waals surface area contributed by atoms with Gasteiger partial charge in [-0.2, -0.15) is 0 Å². The van der Waals surface area contributed by atoms with E-state index in [1.807, 2.05) is 30.3 Å².